The molecule has 0 saturated carbocycles. The summed E-state index contributed by atoms with van der Waals surface area (Å²) >= 11 is 0. The first-order valence-electron chi connectivity index (χ1n) is 4.97. The van der Waals surface area contributed by atoms with E-state index in [1.54, 1.807) is 6.08 Å². The van der Waals surface area contributed by atoms with E-state index in [0.29, 0.717) is 0 Å². The smallest absolute Gasteiger partial charge is 0.407 e. The van der Waals surface area contributed by atoms with Gasteiger partial charge in [0.2, 0.25) is 5.91 Å². The molecule has 0 aliphatic heterocycles. The third-order valence-corrected chi connectivity index (χ3v) is 1.60. The number of amides is 2. The molecule has 2 N–H and O–H groups in total. The maximum Gasteiger partial charge on any atom is 0.407 e. The molecule has 5 nitrogen and oxygen atoms in total. The number of alkyl carbamates (subject to hydrolysis) is 1. The van der Waals surface area contributed by atoms with Crippen molar-refractivity contribution in [1.82, 2.24) is 10.6 Å². The van der Waals surface area contributed by atoms with E-state index in [1.807, 2.05) is 6.08 Å². The van der Waals surface area contributed by atoms with Crippen molar-refractivity contribution in [2.24, 2.45) is 0 Å². The molecular weight excluding hydrogens is 196 g/mol. The Morgan fingerprint density at radius 3 is 2.67 bits per heavy atom. The third-order valence-electron chi connectivity index (χ3n) is 1.60. The standard InChI is InChI=1S/C10H18N2O3/c1-3-4-5-6-7-15-10(14)12-8-9(13)11-2/h5-6H,3-4,7-8H2,1-2H3,(H,11,13)(H,12,14)/b6-5+. The predicted octanol–water partition coefficient (Wildman–Crippen LogP) is 0.815. The monoisotopic (exact) mass is 214 g/mol. The zero-order valence-corrected chi connectivity index (χ0v) is 9.21. The van der Waals surface area contributed by atoms with E-state index in [2.05, 4.69) is 17.6 Å². The fourth-order valence-corrected chi connectivity index (χ4v) is 0.768. The first-order valence-corrected chi connectivity index (χ1v) is 4.97. The molecular formula is C10H18N2O3. The number of ether oxygens (including phenoxy) is 1. The lowest BCUT2D eigenvalue weighted by Crippen LogP contribution is -2.35. The summed E-state index contributed by atoms with van der Waals surface area (Å²) in [6.07, 6.45) is 5.19. The van der Waals surface area contributed by atoms with Crippen LogP contribution in [0.25, 0.3) is 0 Å². The highest BCUT2D eigenvalue weighted by molar-refractivity contribution is 5.81. The van der Waals surface area contributed by atoms with Gasteiger partial charge in [-0.3, -0.25) is 4.79 Å². The summed E-state index contributed by atoms with van der Waals surface area (Å²) in [5.74, 6) is -0.256. The normalized spacial score (nSPS) is 10.0. The summed E-state index contributed by atoms with van der Waals surface area (Å²) in [5, 5.41) is 4.70. The summed E-state index contributed by atoms with van der Waals surface area (Å²) in [4.78, 5) is 21.7. The largest absolute Gasteiger partial charge is 0.445 e. The Balaban J connectivity index is 3.45. The van der Waals surface area contributed by atoms with Gasteiger partial charge in [0.05, 0.1) is 6.54 Å². The second kappa shape index (κ2) is 9.05. The van der Waals surface area contributed by atoms with Crippen molar-refractivity contribution in [2.75, 3.05) is 20.2 Å². The van der Waals surface area contributed by atoms with E-state index in [9.17, 15) is 9.59 Å². The molecule has 2 amide bonds. The molecule has 5 heteroatoms. The first kappa shape index (κ1) is 13.5. The lowest BCUT2D eigenvalue weighted by molar-refractivity contribution is -0.119. The zero-order chi connectivity index (χ0) is 11.5. The van der Waals surface area contributed by atoms with Gasteiger partial charge in [0.15, 0.2) is 0 Å². The van der Waals surface area contributed by atoms with Gasteiger partial charge >= 0.3 is 6.09 Å². The molecule has 0 fully saturated rings. The molecule has 0 aromatic heterocycles. The molecule has 0 bridgehead atoms. The van der Waals surface area contributed by atoms with E-state index in [4.69, 9.17) is 4.74 Å². The van der Waals surface area contributed by atoms with Gasteiger partial charge in [-0.15, -0.1) is 0 Å². The van der Waals surface area contributed by atoms with E-state index in [0.717, 1.165) is 12.8 Å². The van der Waals surface area contributed by atoms with Crippen LogP contribution in [0, 0.1) is 0 Å². The first-order chi connectivity index (χ1) is 7.20. The van der Waals surface area contributed by atoms with Gasteiger partial charge in [-0.05, 0) is 6.42 Å². The van der Waals surface area contributed by atoms with E-state index in [-0.39, 0.29) is 19.1 Å². The van der Waals surface area contributed by atoms with Crippen molar-refractivity contribution in [3.63, 3.8) is 0 Å². The molecule has 15 heavy (non-hydrogen) atoms. The number of carbonyl (C=O) groups is 2. The minimum absolute atomic E-state index is 0.0615. The maximum atomic E-state index is 10.9. The van der Waals surface area contributed by atoms with Crippen LogP contribution < -0.4 is 10.6 Å². The molecule has 0 saturated heterocycles. The predicted molar refractivity (Wildman–Crippen MR) is 57.5 cm³/mol. The number of rotatable bonds is 6. The Hall–Kier alpha value is -1.52. The van der Waals surface area contributed by atoms with Crippen molar-refractivity contribution in [3.8, 4) is 0 Å². The number of hydrogen-bond donors (Lipinski definition) is 2. The minimum Gasteiger partial charge on any atom is -0.445 e. The Morgan fingerprint density at radius 1 is 1.33 bits per heavy atom. The lowest BCUT2D eigenvalue weighted by atomic mass is 10.3. The van der Waals surface area contributed by atoms with Crippen LogP contribution >= 0.6 is 0 Å². The highest BCUT2D eigenvalue weighted by atomic mass is 16.5. The average Bonchev–Trinajstić information content (AvgIpc) is 2.25. The van der Waals surface area contributed by atoms with Gasteiger partial charge < -0.3 is 15.4 Å². The van der Waals surface area contributed by atoms with Gasteiger partial charge in [0.25, 0.3) is 0 Å². The summed E-state index contributed by atoms with van der Waals surface area (Å²) in [7, 11) is 1.50. The highest BCUT2D eigenvalue weighted by Gasteiger charge is 2.02. The number of allylic oxidation sites excluding steroid dienone is 1. The number of carbonyl (C=O) groups excluding carboxylic acids is 2. The Kier molecular flexibility index (Phi) is 8.13. The molecule has 0 spiro atoms. The quantitative estimate of drug-likeness (QED) is 0.643. The zero-order valence-electron chi connectivity index (χ0n) is 9.21. The SMILES string of the molecule is CCC/C=C/COC(=O)NCC(=O)NC. The van der Waals surface area contributed by atoms with Crippen LogP contribution in [-0.4, -0.2) is 32.2 Å². The number of likely N-dealkylation sites (N-methyl/N-ethyl adjacent to an activating group) is 1. The van der Waals surface area contributed by atoms with Crippen molar-refractivity contribution in [1.29, 1.82) is 0 Å². The Labute approximate surface area is 89.9 Å². The molecule has 86 valence electrons. The van der Waals surface area contributed by atoms with Gasteiger partial charge in [-0.1, -0.05) is 25.5 Å². The van der Waals surface area contributed by atoms with Gasteiger partial charge in [-0.25, -0.2) is 4.79 Å². The number of unbranched alkanes of at least 4 members (excludes halogenated alkanes) is 1. The molecule has 0 aromatic rings. The number of nitrogens with one attached hydrogen (secondary N) is 2. The van der Waals surface area contributed by atoms with Crippen LogP contribution in [0.15, 0.2) is 12.2 Å². The lowest BCUT2D eigenvalue weighted by Gasteiger charge is -2.03. The van der Waals surface area contributed by atoms with Crippen molar-refractivity contribution in [3.05, 3.63) is 12.2 Å². The second-order valence-corrected chi connectivity index (χ2v) is 2.89. The van der Waals surface area contributed by atoms with E-state index >= 15 is 0 Å². The summed E-state index contributed by atoms with van der Waals surface area (Å²) in [6, 6.07) is 0. The molecule has 0 rings (SSSR count). The molecule has 0 heterocycles. The molecule has 0 aliphatic rings. The molecule has 0 atom stereocenters. The summed E-state index contributed by atoms with van der Waals surface area (Å²) < 4.78 is 4.77. The van der Waals surface area contributed by atoms with Crippen LogP contribution in [0.2, 0.25) is 0 Å². The molecule has 0 unspecified atom stereocenters. The fraction of sp³-hybridized carbons (Fsp3) is 0.600. The van der Waals surface area contributed by atoms with Gasteiger partial charge in [0, 0.05) is 7.05 Å². The molecule has 0 radical (unpaired) electrons. The molecule has 0 aromatic carbocycles. The van der Waals surface area contributed by atoms with Crippen LogP contribution in [0.1, 0.15) is 19.8 Å². The van der Waals surface area contributed by atoms with Crippen molar-refractivity contribution >= 4 is 12.0 Å². The highest BCUT2D eigenvalue weighted by Crippen LogP contribution is 1.88. The summed E-state index contributed by atoms with van der Waals surface area (Å²) in [5.41, 5.74) is 0. The van der Waals surface area contributed by atoms with Crippen molar-refractivity contribution < 1.29 is 14.3 Å². The van der Waals surface area contributed by atoms with Gasteiger partial charge in [-0.2, -0.15) is 0 Å². The Bertz CT molecular complexity index is 227. The van der Waals surface area contributed by atoms with Crippen LogP contribution in [-0.2, 0) is 9.53 Å². The van der Waals surface area contributed by atoms with Crippen LogP contribution in [0.5, 0.6) is 0 Å². The van der Waals surface area contributed by atoms with E-state index in [1.165, 1.54) is 7.05 Å². The second-order valence-electron chi connectivity index (χ2n) is 2.89. The summed E-state index contributed by atoms with van der Waals surface area (Å²) in [6.45, 7) is 2.24. The molecule has 0 aliphatic carbocycles. The third kappa shape index (κ3) is 8.80. The topological polar surface area (TPSA) is 67.4 Å². The van der Waals surface area contributed by atoms with Crippen LogP contribution in [0.3, 0.4) is 0 Å². The Morgan fingerprint density at radius 2 is 2.07 bits per heavy atom. The number of hydrogen-bond acceptors (Lipinski definition) is 3. The van der Waals surface area contributed by atoms with Gasteiger partial charge in [0.1, 0.15) is 6.61 Å². The van der Waals surface area contributed by atoms with Crippen LogP contribution in [0.4, 0.5) is 4.79 Å². The minimum atomic E-state index is -0.584. The fourth-order valence-electron chi connectivity index (χ4n) is 0.768. The maximum absolute atomic E-state index is 10.9. The average molecular weight is 214 g/mol. The van der Waals surface area contributed by atoms with E-state index < -0.39 is 6.09 Å². The van der Waals surface area contributed by atoms with Crippen molar-refractivity contribution in [2.45, 2.75) is 19.8 Å².